The molecule has 4 atom stereocenters. The van der Waals surface area contributed by atoms with Crippen LogP contribution < -0.4 is 4.72 Å². The maximum atomic E-state index is 13.9. The van der Waals surface area contributed by atoms with E-state index in [1.165, 1.54) is 22.5 Å². The second kappa shape index (κ2) is 10.7. The molecule has 3 fully saturated rings. The number of halogens is 2. The molecular formula is C27H31F2N3O5S2. The molecule has 0 spiro atoms. The lowest BCUT2D eigenvalue weighted by Crippen LogP contribution is -2.35. The van der Waals surface area contributed by atoms with E-state index in [-0.39, 0.29) is 42.8 Å². The average Bonchev–Trinajstić information content (AvgIpc) is 3.28. The number of rotatable bonds is 10. The van der Waals surface area contributed by atoms with Crippen molar-refractivity contribution in [3.8, 4) is 0 Å². The maximum absolute atomic E-state index is 13.9. The third-order valence-corrected chi connectivity index (χ3v) is 10.9. The van der Waals surface area contributed by atoms with E-state index in [0.717, 1.165) is 24.0 Å². The van der Waals surface area contributed by atoms with E-state index in [4.69, 9.17) is 0 Å². The number of hydrogen-bond donors (Lipinski definition) is 1. The van der Waals surface area contributed by atoms with Gasteiger partial charge in [0.2, 0.25) is 26.0 Å². The monoisotopic (exact) mass is 579 g/mol. The van der Waals surface area contributed by atoms with Gasteiger partial charge in [-0.05, 0) is 72.4 Å². The highest BCUT2D eigenvalue weighted by Gasteiger charge is 2.47. The molecule has 2 saturated heterocycles. The Morgan fingerprint density at radius 3 is 2.36 bits per heavy atom. The molecule has 3 unspecified atom stereocenters. The minimum absolute atomic E-state index is 0.0695. The highest BCUT2D eigenvalue weighted by atomic mass is 32.2. The molecule has 12 heteroatoms. The summed E-state index contributed by atoms with van der Waals surface area (Å²) in [4.78, 5) is 15.4. The predicted molar refractivity (Wildman–Crippen MR) is 141 cm³/mol. The van der Waals surface area contributed by atoms with Crippen LogP contribution in [0.25, 0.3) is 0 Å². The third-order valence-electron chi connectivity index (χ3n) is 7.97. The zero-order chi connectivity index (χ0) is 27.9. The SMILES string of the molecule is C=CS(=O)(=O)NC[C@H]1CCN(S(=O)(=O)c2ccc(C(Cc3ccc(F)c(F)c3)C(=O)N3CC4CC4C3)cc2)C1. The summed E-state index contributed by atoms with van der Waals surface area (Å²) in [6, 6.07) is 9.73. The fourth-order valence-electron chi connectivity index (χ4n) is 5.54. The van der Waals surface area contributed by atoms with Crippen molar-refractivity contribution < 1.29 is 30.4 Å². The molecule has 2 aromatic carbocycles. The van der Waals surface area contributed by atoms with Gasteiger partial charge in [0.1, 0.15) is 0 Å². The van der Waals surface area contributed by atoms with Crippen LogP contribution >= 0.6 is 0 Å². The molecule has 39 heavy (non-hydrogen) atoms. The molecule has 0 radical (unpaired) electrons. The smallest absolute Gasteiger partial charge is 0.243 e. The van der Waals surface area contributed by atoms with E-state index in [1.807, 2.05) is 4.90 Å². The molecular weight excluding hydrogens is 548 g/mol. The lowest BCUT2D eigenvalue weighted by atomic mass is 9.90. The van der Waals surface area contributed by atoms with Crippen LogP contribution in [0.3, 0.4) is 0 Å². The fraction of sp³-hybridized carbons (Fsp3) is 0.444. The number of benzene rings is 2. The van der Waals surface area contributed by atoms with Gasteiger partial charge in [-0.25, -0.2) is 30.3 Å². The number of carbonyl (C=O) groups is 1. The minimum Gasteiger partial charge on any atom is -0.342 e. The van der Waals surface area contributed by atoms with Crippen LogP contribution in [0.1, 0.15) is 29.9 Å². The Balaban J connectivity index is 1.32. The number of nitrogens with zero attached hydrogens (tertiary/aromatic N) is 2. The average molecular weight is 580 g/mol. The molecule has 8 nitrogen and oxygen atoms in total. The Morgan fingerprint density at radius 1 is 1.03 bits per heavy atom. The molecule has 5 rings (SSSR count). The zero-order valence-electron chi connectivity index (χ0n) is 21.3. The number of hydrogen-bond acceptors (Lipinski definition) is 5. The van der Waals surface area contributed by atoms with Gasteiger partial charge in [0.15, 0.2) is 11.6 Å². The maximum Gasteiger partial charge on any atom is 0.243 e. The Bertz CT molecular complexity index is 1470. The van der Waals surface area contributed by atoms with Crippen LogP contribution in [0.15, 0.2) is 59.3 Å². The summed E-state index contributed by atoms with van der Waals surface area (Å²) < 4.78 is 80.9. The number of piperidine rings is 1. The molecule has 2 aromatic rings. The first-order valence-electron chi connectivity index (χ1n) is 12.9. The number of nitrogens with one attached hydrogen (secondary N) is 1. The summed E-state index contributed by atoms with van der Waals surface area (Å²) >= 11 is 0. The van der Waals surface area contributed by atoms with E-state index in [1.54, 1.807) is 12.1 Å². The van der Waals surface area contributed by atoms with Crippen LogP contribution in [-0.2, 0) is 31.3 Å². The van der Waals surface area contributed by atoms with Crippen LogP contribution in [0.5, 0.6) is 0 Å². The topological polar surface area (TPSA) is 104 Å². The summed E-state index contributed by atoms with van der Waals surface area (Å²) in [5, 5.41) is 0.815. The minimum atomic E-state index is -3.83. The molecule has 2 aliphatic heterocycles. The summed E-state index contributed by atoms with van der Waals surface area (Å²) in [5.41, 5.74) is 1.07. The number of likely N-dealkylation sites (tertiary alicyclic amines) is 1. The van der Waals surface area contributed by atoms with E-state index in [0.29, 0.717) is 42.5 Å². The van der Waals surface area contributed by atoms with Crippen molar-refractivity contribution in [3.63, 3.8) is 0 Å². The van der Waals surface area contributed by atoms with Gasteiger partial charge in [-0.1, -0.05) is 24.8 Å². The standard InChI is InChI=1S/C27H31F2N3O5S2/c1-2-38(34,35)30-14-19-9-10-32(15-19)39(36,37)23-6-4-20(5-7-23)24(11-18-3-8-25(28)26(29)12-18)27(33)31-16-21-13-22(21)17-31/h2-8,12,19,21-22,24,30H,1,9-11,13-17H2/t19-,21?,22?,24?/m1/s1. The van der Waals surface area contributed by atoms with Crippen molar-refractivity contribution in [1.82, 2.24) is 13.9 Å². The van der Waals surface area contributed by atoms with Crippen LogP contribution in [0.2, 0.25) is 0 Å². The molecule has 2 heterocycles. The lowest BCUT2D eigenvalue weighted by molar-refractivity contribution is -0.132. The van der Waals surface area contributed by atoms with E-state index in [2.05, 4.69) is 11.3 Å². The molecule has 1 aliphatic carbocycles. The van der Waals surface area contributed by atoms with E-state index in [9.17, 15) is 30.4 Å². The quantitative estimate of drug-likeness (QED) is 0.466. The van der Waals surface area contributed by atoms with Gasteiger partial charge >= 0.3 is 0 Å². The van der Waals surface area contributed by atoms with Crippen molar-refractivity contribution in [2.24, 2.45) is 17.8 Å². The molecule has 1 amide bonds. The van der Waals surface area contributed by atoms with Crippen LogP contribution in [0.4, 0.5) is 8.78 Å². The Morgan fingerprint density at radius 2 is 1.72 bits per heavy atom. The zero-order valence-corrected chi connectivity index (χ0v) is 22.9. The van der Waals surface area contributed by atoms with Gasteiger partial charge in [-0.2, -0.15) is 4.31 Å². The summed E-state index contributed by atoms with van der Waals surface area (Å²) in [6.07, 6.45) is 1.80. The molecule has 0 bridgehead atoms. The van der Waals surface area contributed by atoms with Gasteiger partial charge < -0.3 is 4.90 Å². The van der Waals surface area contributed by atoms with Crippen molar-refractivity contribution in [2.45, 2.75) is 30.1 Å². The predicted octanol–water partition coefficient (Wildman–Crippen LogP) is 2.84. The van der Waals surface area contributed by atoms with E-state index >= 15 is 0 Å². The third kappa shape index (κ3) is 6.08. The first-order valence-corrected chi connectivity index (χ1v) is 15.9. The number of sulfonamides is 2. The van der Waals surface area contributed by atoms with Crippen LogP contribution in [-0.4, -0.2) is 64.7 Å². The van der Waals surface area contributed by atoms with Gasteiger partial charge in [-0.3, -0.25) is 4.79 Å². The number of fused-ring (bicyclic) bond motifs is 1. The number of carbonyl (C=O) groups excluding carboxylic acids is 1. The first kappa shape index (κ1) is 27.9. The lowest BCUT2D eigenvalue weighted by Gasteiger charge is -2.25. The summed E-state index contributed by atoms with van der Waals surface area (Å²) in [6.45, 7) is 5.17. The van der Waals surface area contributed by atoms with Gasteiger partial charge in [-0.15, -0.1) is 0 Å². The van der Waals surface area contributed by atoms with Gasteiger partial charge in [0, 0.05) is 38.1 Å². The Kier molecular flexibility index (Phi) is 7.66. The molecule has 3 aliphatic rings. The highest BCUT2D eigenvalue weighted by Crippen LogP contribution is 2.45. The second-order valence-corrected chi connectivity index (χ2v) is 14.3. The van der Waals surface area contributed by atoms with Crippen molar-refractivity contribution in [1.29, 1.82) is 0 Å². The van der Waals surface area contributed by atoms with Crippen molar-refractivity contribution >= 4 is 26.0 Å². The van der Waals surface area contributed by atoms with Crippen LogP contribution in [0, 0.1) is 29.4 Å². The Hall–Kier alpha value is -2.67. The second-order valence-electron chi connectivity index (χ2n) is 10.7. The highest BCUT2D eigenvalue weighted by molar-refractivity contribution is 7.92. The van der Waals surface area contributed by atoms with Crippen molar-refractivity contribution in [2.75, 3.05) is 32.7 Å². The summed E-state index contributed by atoms with van der Waals surface area (Å²) in [5.74, 6) is -1.83. The molecule has 1 N–H and O–H groups in total. The van der Waals surface area contributed by atoms with Gasteiger partial charge in [0.25, 0.3) is 0 Å². The van der Waals surface area contributed by atoms with E-state index < -0.39 is 37.6 Å². The largest absolute Gasteiger partial charge is 0.342 e. The molecule has 1 saturated carbocycles. The fourth-order valence-corrected chi connectivity index (χ4v) is 7.66. The molecule has 210 valence electrons. The van der Waals surface area contributed by atoms with Gasteiger partial charge in [0.05, 0.1) is 10.8 Å². The first-order chi connectivity index (χ1) is 18.5. The Labute approximate surface area is 227 Å². The normalized spacial score (nSPS) is 23.9. The summed E-state index contributed by atoms with van der Waals surface area (Å²) in [7, 11) is -7.42. The van der Waals surface area contributed by atoms with Crippen molar-refractivity contribution in [3.05, 3.63) is 77.2 Å². The number of amides is 1. The molecule has 0 aromatic heterocycles.